The number of nitrogen functional groups attached to an aromatic ring is 1. The third kappa shape index (κ3) is 3.85. The van der Waals surface area contributed by atoms with E-state index in [-0.39, 0.29) is 23.9 Å². The van der Waals surface area contributed by atoms with Gasteiger partial charge in [0.2, 0.25) is 5.82 Å². The summed E-state index contributed by atoms with van der Waals surface area (Å²) >= 11 is 0. The van der Waals surface area contributed by atoms with Crippen molar-refractivity contribution in [2.45, 2.75) is 32.3 Å². The molecule has 0 aliphatic heterocycles. The zero-order valence-electron chi connectivity index (χ0n) is 10.5. The largest absolute Gasteiger partial charge is 0.388 e. The minimum atomic E-state index is -0.936. The highest BCUT2D eigenvalue weighted by molar-refractivity contribution is 5.59. The van der Waals surface area contributed by atoms with Crippen LogP contribution >= 0.6 is 0 Å². The van der Waals surface area contributed by atoms with E-state index in [1.54, 1.807) is 6.92 Å². The molecule has 0 spiro atoms. The van der Waals surface area contributed by atoms with Crippen LogP contribution in [0.25, 0.3) is 0 Å². The summed E-state index contributed by atoms with van der Waals surface area (Å²) < 4.78 is 0. The Balaban J connectivity index is 2.83. The SMILES string of the molecule is CCCC(C)(O)CNc1nc(N)ccc1[N+](=O)[O-]. The molecule has 100 valence electrons. The van der Waals surface area contributed by atoms with E-state index in [2.05, 4.69) is 10.3 Å². The fourth-order valence-electron chi connectivity index (χ4n) is 1.65. The molecule has 0 aliphatic carbocycles. The molecule has 1 aromatic rings. The maximum Gasteiger partial charge on any atom is 0.311 e. The van der Waals surface area contributed by atoms with Gasteiger partial charge in [0.05, 0.1) is 10.5 Å². The molecule has 1 unspecified atom stereocenters. The summed E-state index contributed by atoms with van der Waals surface area (Å²) in [5.74, 6) is 0.273. The van der Waals surface area contributed by atoms with Crippen LogP contribution < -0.4 is 11.1 Å². The third-order valence-electron chi connectivity index (χ3n) is 2.52. The van der Waals surface area contributed by atoms with E-state index in [4.69, 9.17) is 5.73 Å². The van der Waals surface area contributed by atoms with Crippen molar-refractivity contribution in [2.24, 2.45) is 0 Å². The van der Waals surface area contributed by atoms with Crippen LogP contribution in [0.3, 0.4) is 0 Å². The molecule has 0 saturated heterocycles. The fraction of sp³-hybridized carbons (Fsp3) is 0.545. The number of nitrogens with one attached hydrogen (secondary N) is 1. The Kier molecular flexibility index (Phi) is 4.43. The second-order valence-corrected chi connectivity index (χ2v) is 4.46. The Morgan fingerprint density at radius 1 is 1.61 bits per heavy atom. The third-order valence-corrected chi connectivity index (χ3v) is 2.52. The first-order chi connectivity index (χ1) is 8.35. The smallest absolute Gasteiger partial charge is 0.311 e. The van der Waals surface area contributed by atoms with E-state index < -0.39 is 10.5 Å². The maximum atomic E-state index is 10.8. The minimum Gasteiger partial charge on any atom is -0.388 e. The van der Waals surface area contributed by atoms with Crippen molar-refractivity contribution < 1.29 is 10.0 Å². The van der Waals surface area contributed by atoms with Crippen molar-refractivity contribution in [3.05, 3.63) is 22.2 Å². The Bertz CT molecular complexity index is 434. The van der Waals surface area contributed by atoms with E-state index >= 15 is 0 Å². The molecule has 18 heavy (non-hydrogen) atoms. The monoisotopic (exact) mass is 254 g/mol. The fourth-order valence-corrected chi connectivity index (χ4v) is 1.65. The van der Waals surface area contributed by atoms with Gasteiger partial charge in [0.1, 0.15) is 5.82 Å². The van der Waals surface area contributed by atoms with Gasteiger partial charge in [0.15, 0.2) is 0 Å². The number of pyridine rings is 1. The topological polar surface area (TPSA) is 114 Å². The van der Waals surface area contributed by atoms with Gasteiger partial charge >= 0.3 is 5.69 Å². The number of aromatic nitrogens is 1. The highest BCUT2D eigenvalue weighted by Crippen LogP contribution is 2.24. The van der Waals surface area contributed by atoms with Crippen molar-refractivity contribution >= 4 is 17.3 Å². The van der Waals surface area contributed by atoms with Crippen LogP contribution in [0.2, 0.25) is 0 Å². The molecule has 0 bridgehead atoms. The number of rotatable bonds is 6. The molecule has 0 radical (unpaired) electrons. The van der Waals surface area contributed by atoms with Gasteiger partial charge in [-0.15, -0.1) is 0 Å². The number of nitrogens with two attached hydrogens (primary N) is 1. The molecule has 1 rings (SSSR count). The summed E-state index contributed by atoms with van der Waals surface area (Å²) in [6, 6.07) is 2.66. The van der Waals surface area contributed by atoms with Gasteiger partial charge in [0.25, 0.3) is 0 Å². The van der Waals surface area contributed by atoms with E-state index in [0.717, 1.165) is 6.42 Å². The van der Waals surface area contributed by atoms with Crippen LogP contribution in [0, 0.1) is 10.1 Å². The lowest BCUT2D eigenvalue weighted by Crippen LogP contribution is -2.33. The average molecular weight is 254 g/mol. The summed E-state index contributed by atoms with van der Waals surface area (Å²) in [7, 11) is 0. The molecular formula is C11H18N4O3. The molecule has 1 atom stereocenters. The Hall–Kier alpha value is -1.89. The second-order valence-electron chi connectivity index (χ2n) is 4.46. The number of nitrogens with zero attached hydrogens (tertiary/aromatic N) is 2. The normalized spacial score (nSPS) is 13.9. The average Bonchev–Trinajstić information content (AvgIpc) is 2.26. The van der Waals surface area contributed by atoms with Crippen molar-refractivity contribution in [3.8, 4) is 0 Å². The molecule has 7 heteroatoms. The first-order valence-electron chi connectivity index (χ1n) is 5.73. The number of hydrogen-bond donors (Lipinski definition) is 3. The number of hydrogen-bond acceptors (Lipinski definition) is 6. The Morgan fingerprint density at radius 3 is 2.83 bits per heavy atom. The van der Waals surface area contributed by atoms with Crippen LogP contribution in [0.1, 0.15) is 26.7 Å². The van der Waals surface area contributed by atoms with Gasteiger partial charge in [-0.3, -0.25) is 10.1 Å². The van der Waals surface area contributed by atoms with E-state index in [0.29, 0.717) is 6.42 Å². The van der Waals surface area contributed by atoms with Gasteiger partial charge in [-0.05, 0) is 19.4 Å². The number of aliphatic hydroxyl groups is 1. The lowest BCUT2D eigenvalue weighted by atomic mass is 10.0. The van der Waals surface area contributed by atoms with Crippen LogP contribution in [0.15, 0.2) is 12.1 Å². The number of nitro groups is 1. The predicted molar refractivity (Wildman–Crippen MR) is 69.3 cm³/mol. The van der Waals surface area contributed by atoms with Gasteiger partial charge in [-0.1, -0.05) is 13.3 Å². The molecule has 4 N–H and O–H groups in total. The van der Waals surface area contributed by atoms with Gasteiger partial charge in [-0.25, -0.2) is 4.98 Å². The summed E-state index contributed by atoms with van der Waals surface area (Å²) in [5.41, 5.74) is 4.40. The maximum absolute atomic E-state index is 10.8. The summed E-state index contributed by atoms with van der Waals surface area (Å²) in [5, 5.41) is 23.6. The van der Waals surface area contributed by atoms with Crippen LogP contribution in [0.5, 0.6) is 0 Å². The standard InChI is InChI=1S/C11H18N4O3/c1-3-6-11(2,16)7-13-10-8(15(17)18)4-5-9(12)14-10/h4-5,16H,3,6-7H2,1-2H3,(H3,12,13,14). The van der Waals surface area contributed by atoms with E-state index in [9.17, 15) is 15.2 Å². The van der Waals surface area contributed by atoms with E-state index in [1.807, 2.05) is 6.92 Å². The zero-order valence-corrected chi connectivity index (χ0v) is 10.5. The van der Waals surface area contributed by atoms with Gasteiger partial charge in [0, 0.05) is 12.6 Å². The highest BCUT2D eigenvalue weighted by Gasteiger charge is 2.22. The lowest BCUT2D eigenvalue weighted by Gasteiger charge is -2.23. The quantitative estimate of drug-likeness (QED) is 0.524. The first-order valence-corrected chi connectivity index (χ1v) is 5.73. The van der Waals surface area contributed by atoms with Crippen LogP contribution in [-0.4, -0.2) is 27.2 Å². The van der Waals surface area contributed by atoms with Crippen molar-refractivity contribution in [1.82, 2.24) is 4.98 Å². The molecular weight excluding hydrogens is 236 g/mol. The molecule has 0 fully saturated rings. The second kappa shape index (κ2) is 5.63. The van der Waals surface area contributed by atoms with Crippen LogP contribution in [0.4, 0.5) is 17.3 Å². The van der Waals surface area contributed by atoms with Crippen molar-refractivity contribution in [2.75, 3.05) is 17.6 Å². The Labute approximate surface area is 105 Å². The Morgan fingerprint density at radius 2 is 2.28 bits per heavy atom. The molecule has 7 nitrogen and oxygen atoms in total. The number of anilines is 2. The minimum absolute atomic E-state index is 0.0800. The molecule has 0 aromatic carbocycles. The van der Waals surface area contributed by atoms with Crippen molar-refractivity contribution in [1.29, 1.82) is 0 Å². The van der Waals surface area contributed by atoms with Gasteiger partial charge in [-0.2, -0.15) is 0 Å². The molecule has 0 saturated carbocycles. The summed E-state index contributed by atoms with van der Waals surface area (Å²) in [6.07, 6.45) is 1.41. The molecule has 1 aromatic heterocycles. The van der Waals surface area contributed by atoms with E-state index in [1.165, 1.54) is 12.1 Å². The van der Waals surface area contributed by atoms with Crippen LogP contribution in [-0.2, 0) is 0 Å². The molecule has 0 amide bonds. The highest BCUT2D eigenvalue weighted by atomic mass is 16.6. The zero-order chi connectivity index (χ0) is 13.8. The summed E-state index contributed by atoms with van der Waals surface area (Å²) in [6.45, 7) is 3.80. The van der Waals surface area contributed by atoms with Crippen molar-refractivity contribution in [3.63, 3.8) is 0 Å². The molecule has 1 heterocycles. The summed E-state index contributed by atoms with van der Waals surface area (Å²) in [4.78, 5) is 14.1. The lowest BCUT2D eigenvalue weighted by molar-refractivity contribution is -0.384. The molecule has 0 aliphatic rings. The predicted octanol–water partition coefficient (Wildman–Crippen LogP) is 1.53. The van der Waals surface area contributed by atoms with Gasteiger partial charge < -0.3 is 16.2 Å². The first kappa shape index (κ1) is 14.2.